The highest BCUT2D eigenvalue weighted by atomic mass is 16.5. The summed E-state index contributed by atoms with van der Waals surface area (Å²) >= 11 is 0. The maximum atomic E-state index is 13.1. The lowest BCUT2D eigenvalue weighted by atomic mass is 10.1. The Kier molecular flexibility index (Phi) is 7.00. The Morgan fingerprint density at radius 2 is 1.82 bits per heavy atom. The highest BCUT2D eigenvalue weighted by molar-refractivity contribution is 5.96. The maximum Gasteiger partial charge on any atom is 0.343 e. The van der Waals surface area contributed by atoms with Crippen LogP contribution in [0, 0.1) is 6.92 Å². The Hall–Kier alpha value is -3.62. The van der Waals surface area contributed by atoms with E-state index in [0.29, 0.717) is 50.3 Å². The molecule has 180 valence electrons. The van der Waals surface area contributed by atoms with Crippen molar-refractivity contribution in [1.82, 2.24) is 14.4 Å². The zero-order valence-electron chi connectivity index (χ0n) is 19.5. The van der Waals surface area contributed by atoms with Gasteiger partial charge in [-0.15, -0.1) is 0 Å². The molecule has 0 unspecified atom stereocenters. The molecule has 9 heteroatoms. The van der Waals surface area contributed by atoms with E-state index in [4.69, 9.17) is 9.47 Å². The van der Waals surface area contributed by atoms with Crippen molar-refractivity contribution in [3.05, 3.63) is 63.1 Å². The second kappa shape index (κ2) is 10.1. The molecule has 0 bridgehead atoms. The number of methoxy groups -OCH3 is 1. The molecule has 2 aliphatic heterocycles. The second-order valence-electron chi connectivity index (χ2n) is 8.50. The van der Waals surface area contributed by atoms with Crippen LogP contribution in [0.1, 0.15) is 44.8 Å². The van der Waals surface area contributed by atoms with Crippen molar-refractivity contribution >= 4 is 17.8 Å². The molecule has 2 aliphatic rings. The number of carbonyl (C=O) groups is 3. The van der Waals surface area contributed by atoms with Crippen LogP contribution in [0.3, 0.4) is 0 Å². The Labute approximate surface area is 197 Å². The summed E-state index contributed by atoms with van der Waals surface area (Å²) in [5.41, 5.74) is 1.88. The first-order valence-electron chi connectivity index (χ1n) is 11.5. The third kappa shape index (κ3) is 4.69. The van der Waals surface area contributed by atoms with Crippen molar-refractivity contribution in [2.24, 2.45) is 0 Å². The van der Waals surface area contributed by atoms with Crippen LogP contribution in [0.15, 0.2) is 35.1 Å². The van der Waals surface area contributed by atoms with Crippen molar-refractivity contribution < 1.29 is 23.9 Å². The molecule has 9 nitrogen and oxygen atoms in total. The highest BCUT2D eigenvalue weighted by Gasteiger charge is 2.28. The number of nitrogens with zero attached hydrogens (tertiary/aromatic N) is 3. The quantitative estimate of drug-likeness (QED) is 0.599. The smallest absolute Gasteiger partial charge is 0.343 e. The Balaban J connectivity index is 1.58. The molecular weight excluding hydrogens is 438 g/mol. The van der Waals surface area contributed by atoms with Gasteiger partial charge < -0.3 is 23.8 Å². The van der Waals surface area contributed by atoms with E-state index in [9.17, 15) is 19.2 Å². The number of hydrogen-bond donors (Lipinski definition) is 0. The number of ether oxygens (including phenoxy) is 2. The van der Waals surface area contributed by atoms with Crippen LogP contribution in [0.25, 0.3) is 0 Å². The Morgan fingerprint density at radius 1 is 1.03 bits per heavy atom. The van der Waals surface area contributed by atoms with Gasteiger partial charge in [0.25, 0.3) is 11.5 Å². The summed E-state index contributed by atoms with van der Waals surface area (Å²) < 4.78 is 12.4. The zero-order chi connectivity index (χ0) is 24.2. The molecule has 34 heavy (non-hydrogen) atoms. The van der Waals surface area contributed by atoms with Gasteiger partial charge in [0, 0.05) is 56.3 Å². The van der Waals surface area contributed by atoms with Gasteiger partial charge in [-0.05, 0) is 25.0 Å². The number of benzene rings is 1. The van der Waals surface area contributed by atoms with E-state index in [1.54, 1.807) is 15.9 Å². The van der Waals surface area contributed by atoms with Gasteiger partial charge in [-0.2, -0.15) is 0 Å². The van der Waals surface area contributed by atoms with Crippen LogP contribution < -0.4 is 10.3 Å². The molecular formula is C25H29N3O6. The largest absolute Gasteiger partial charge is 0.491 e. The predicted octanol–water partition coefficient (Wildman–Crippen LogP) is 1.64. The van der Waals surface area contributed by atoms with Crippen molar-refractivity contribution in [2.45, 2.75) is 32.7 Å². The summed E-state index contributed by atoms with van der Waals surface area (Å²) in [6, 6.07) is 8.68. The Morgan fingerprint density at radius 3 is 2.53 bits per heavy atom. The molecule has 2 aromatic rings. The van der Waals surface area contributed by atoms with Crippen LogP contribution in [0.2, 0.25) is 0 Å². The molecule has 0 radical (unpaired) electrons. The van der Waals surface area contributed by atoms with E-state index < -0.39 is 5.97 Å². The molecule has 0 N–H and O–H groups in total. The summed E-state index contributed by atoms with van der Waals surface area (Å²) in [5.74, 6) is -0.481. The summed E-state index contributed by atoms with van der Waals surface area (Å²) in [6.07, 6.45) is 1.66. The van der Waals surface area contributed by atoms with Gasteiger partial charge in [-0.25, -0.2) is 4.79 Å². The maximum absolute atomic E-state index is 13.1. The molecule has 3 heterocycles. The number of carbonyl (C=O) groups excluding carboxylic acids is 3. The molecule has 0 atom stereocenters. The predicted molar refractivity (Wildman–Crippen MR) is 124 cm³/mol. The number of pyridine rings is 1. The molecule has 4 rings (SSSR count). The van der Waals surface area contributed by atoms with Crippen molar-refractivity contribution in [2.75, 3.05) is 39.9 Å². The number of fused-ring (bicyclic) bond motifs is 1. The van der Waals surface area contributed by atoms with Gasteiger partial charge in [-0.1, -0.05) is 18.2 Å². The van der Waals surface area contributed by atoms with Gasteiger partial charge in [-0.3, -0.25) is 14.4 Å². The van der Waals surface area contributed by atoms with Gasteiger partial charge in [0.15, 0.2) is 0 Å². The van der Waals surface area contributed by atoms with Crippen LogP contribution in [0.4, 0.5) is 0 Å². The zero-order valence-corrected chi connectivity index (χ0v) is 19.5. The number of aryl methyl sites for hydroxylation is 1. The van der Waals surface area contributed by atoms with E-state index in [0.717, 1.165) is 12.0 Å². The molecule has 1 aromatic carbocycles. The Bertz CT molecular complexity index is 1170. The summed E-state index contributed by atoms with van der Waals surface area (Å²) in [5, 5.41) is 0. The fourth-order valence-corrected chi connectivity index (χ4v) is 4.58. The topological polar surface area (TPSA) is 98.2 Å². The number of hydrogen-bond acceptors (Lipinski definition) is 6. The molecule has 1 saturated heterocycles. The molecule has 0 saturated carbocycles. The third-order valence-corrected chi connectivity index (χ3v) is 6.44. The first-order chi connectivity index (χ1) is 16.4. The lowest BCUT2D eigenvalue weighted by molar-refractivity contribution is -0.128. The van der Waals surface area contributed by atoms with Gasteiger partial charge in [0.2, 0.25) is 5.91 Å². The van der Waals surface area contributed by atoms with Gasteiger partial charge >= 0.3 is 5.97 Å². The molecule has 2 amide bonds. The standard InChI is InChI=1S/C25H29N3O6/c1-17-6-3-4-7-18(17)24(31)27-11-9-19-23(25(32)33-2)20(16-22(30)28(19)13-12-27)34-15-14-26-10-5-8-21(26)29/h3-4,6-7,16H,5,8-15H2,1-2H3. The molecule has 1 fully saturated rings. The fraction of sp³-hybridized carbons (Fsp3) is 0.440. The molecule has 0 spiro atoms. The summed E-state index contributed by atoms with van der Waals surface area (Å²) in [7, 11) is 1.28. The first-order valence-corrected chi connectivity index (χ1v) is 11.5. The SMILES string of the molecule is COC(=O)c1c(OCCN2CCCC2=O)cc(=O)n2c1CCN(C(=O)c1ccccc1C)CC2. The first kappa shape index (κ1) is 23.5. The van der Waals surface area contributed by atoms with E-state index in [1.807, 2.05) is 25.1 Å². The van der Waals surface area contributed by atoms with E-state index in [-0.39, 0.29) is 41.8 Å². The number of likely N-dealkylation sites (tertiary alicyclic amines) is 1. The number of esters is 1. The van der Waals surface area contributed by atoms with Crippen molar-refractivity contribution in [3.63, 3.8) is 0 Å². The van der Waals surface area contributed by atoms with E-state index in [2.05, 4.69) is 0 Å². The van der Waals surface area contributed by atoms with Gasteiger partial charge in [0.1, 0.15) is 17.9 Å². The van der Waals surface area contributed by atoms with Crippen LogP contribution >= 0.6 is 0 Å². The normalized spacial score (nSPS) is 15.6. The van der Waals surface area contributed by atoms with Gasteiger partial charge in [0.05, 0.1) is 13.7 Å². The average Bonchev–Trinajstić information content (AvgIpc) is 3.10. The number of amides is 2. The lowest BCUT2D eigenvalue weighted by Gasteiger charge is -2.21. The van der Waals surface area contributed by atoms with Crippen LogP contribution in [-0.2, 0) is 22.5 Å². The number of aromatic nitrogens is 1. The van der Waals surface area contributed by atoms with Crippen molar-refractivity contribution in [1.29, 1.82) is 0 Å². The van der Waals surface area contributed by atoms with Crippen molar-refractivity contribution in [3.8, 4) is 5.75 Å². The number of rotatable bonds is 6. The lowest BCUT2D eigenvalue weighted by Crippen LogP contribution is -2.34. The fourth-order valence-electron chi connectivity index (χ4n) is 4.58. The second-order valence-corrected chi connectivity index (χ2v) is 8.50. The third-order valence-electron chi connectivity index (χ3n) is 6.44. The van der Waals surface area contributed by atoms with Crippen LogP contribution in [0.5, 0.6) is 5.75 Å². The highest BCUT2D eigenvalue weighted by Crippen LogP contribution is 2.25. The minimum absolute atomic E-state index is 0.0807. The summed E-state index contributed by atoms with van der Waals surface area (Å²) in [6.45, 7) is 4.08. The minimum atomic E-state index is -0.602. The monoisotopic (exact) mass is 467 g/mol. The molecule has 1 aromatic heterocycles. The van der Waals surface area contributed by atoms with Crippen LogP contribution in [-0.4, -0.2) is 72.0 Å². The van der Waals surface area contributed by atoms with E-state index in [1.165, 1.54) is 17.7 Å². The molecule has 0 aliphatic carbocycles. The average molecular weight is 468 g/mol. The van der Waals surface area contributed by atoms with E-state index >= 15 is 0 Å². The minimum Gasteiger partial charge on any atom is -0.491 e. The summed E-state index contributed by atoms with van der Waals surface area (Å²) in [4.78, 5) is 54.0.